The zero-order chi connectivity index (χ0) is 16.7. The van der Waals surface area contributed by atoms with Gasteiger partial charge < -0.3 is 10.6 Å². The molecule has 0 saturated heterocycles. The van der Waals surface area contributed by atoms with Gasteiger partial charge in [-0.1, -0.05) is 43.5 Å². The number of nitrogens with one attached hydrogen (secondary N) is 2. The maximum Gasteiger partial charge on any atom is 0.191 e. The standard InChI is InChI=1S/C17H27N3O2S/c1-18-17(20-16-6-4-3-5-7-16)19-12-14-8-10-15(11-9-14)13-23(2,21)22/h8-11,16H,3-7,12-13H2,1-2H3,(H2,18,19,20). The number of hydrogen-bond donors (Lipinski definition) is 2. The van der Waals surface area contributed by atoms with Crippen LogP contribution in [0, 0.1) is 0 Å². The van der Waals surface area contributed by atoms with E-state index in [1.54, 1.807) is 7.05 Å². The Bertz CT molecular complexity index is 618. The van der Waals surface area contributed by atoms with Crippen LogP contribution in [-0.2, 0) is 22.1 Å². The normalized spacial score (nSPS) is 17.0. The minimum Gasteiger partial charge on any atom is -0.354 e. The van der Waals surface area contributed by atoms with Gasteiger partial charge in [0.1, 0.15) is 0 Å². The quantitative estimate of drug-likeness (QED) is 0.638. The first kappa shape index (κ1) is 17.8. The van der Waals surface area contributed by atoms with Gasteiger partial charge in [-0.3, -0.25) is 4.99 Å². The van der Waals surface area contributed by atoms with Gasteiger partial charge in [-0.2, -0.15) is 0 Å². The highest BCUT2D eigenvalue weighted by atomic mass is 32.2. The number of benzene rings is 1. The molecule has 23 heavy (non-hydrogen) atoms. The van der Waals surface area contributed by atoms with Crippen LogP contribution >= 0.6 is 0 Å². The smallest absolute Gasteiger partial charge is 0.191 e. The van der Waals surface area contributed by atoms with Crippen LogP contribution in [-0.4, -0.2) is 33.7 Å². The zero-order valence-electron chi connectivity index (χ0n) is 14.0. The number of guanidine groups is 1. The van der Waals surface area contributed by atoms with Crippen molar-refractivity contribution in [2.75, 3.05) is 13.3 Å². The monoisotopic (exact) mass is 337 g/mol. The molecule has 1 aromatic carbocycles. The van der Waals surface area contributed by atoms with E-state index in [0.29, 0.717) is 12.6 Å². The predicted molar refractivity (Wildman–Crippen MR) is 95.2 cm³/mol. The van der Waals surface area contributed by atoms with E-state index in [2.05, 4.69) is 15.6 Å². The number of rotatable bonds is 5. The maximum absolute atomic E-state index is 11.3. The Morgan fingerprint density at radius 1 is 1.13 bits per heavy atom. The minimum atomic E-state index is -2.98. The molecule has 0 bridgehead atoms. The van der Waals surface area contributed by atoms with Crippen LogP contribution in [0.15, 0.2) is 29.3 Å². The molecule has 1 fully saturated rings. The van der Waals surface area contributed by atoms with Crippen molar-refractivity contribution in [1.82, 2.24) is 10.6 Å². The number of nitrogens with zero attached hydrogens (tertiary/aromatic N) is 1. The highest BCUT2D eigenvalue weighted by Gasteiger charge is 2.14. The molecule has 0 atom stereocenters. The Labute approximate surface area is 139 Å². The summed E-state index contributed by atoms with van der Waals surface area (Å²) in [6, 6.07) is 8.18. The van der Waals surface area contributed by atoms with Crippen molar-refractivity contribution in [3.63, 3.8) is 0 Å². The highest BCUT2D eigenvalue weighted by molar-refractivity contribution is 7.89. The minimum absolute atomic E-state index is 0.0889. The molecule has 0 spiro atoms. The van der Waals surface area contributed by atoms with Gasteiger partial charge in [0, 0.05) is 25.9 Å². The number of hydrogen-bond acceptors (Lipinski definition) is 3. The summed E-state index contributed by atoms with van der Waals surface area (Å²) in [7, 11) is -1.20. The third-order valence-electron chi connectivity index (χ3n) is 4.08. The average Bonchev–Trinajstić information content (AvgIpc) is 2.52. The third-order valence-corrected chi connectivity index (χ3v) is 4.94. The van der Waals surface area contributed by atoms with Crippen LogP contribution in [0.25, 0.3) is 0 Å². The SMILES string of the molecule is CN=C(NCc1ccc(CS(C)(=O)=O)cc1)NC1CCCCC1. The van der Waals surface area contributed by atoms with Crippen LogP contribution < -0.4 is 10.6 Å². The summed E-state index contributed by atoms with van der Waals surface area (Å²) in [4.78, 5) is 4.28. The summed E-state index contributed by atoms with van der Waals surface area (Å²) in [5.41, 5.74) is 1.93. The first-order valence-electron chi connectivity index (χ1n) is 8.19. The summed E-state index contributed by atoms with van der Waals surface area (Å²) >= 11 is 0. The van der Waals surface area contributed by atoms with Gasteiger partial charge in [-0.05, 0) is 24.0 Å². The van der Waals surface area contributed by atoms with E-state index < -0.39 is 9.84 Å². The fourth-order valence-electron chi connectivity index (χ4n) is 2.88. The van der Waals surface area contributed by atoms with E-state index in [4.69, 9.17) is 0 Å². The van der Waals surface area contributed by atoms with Crippen LogP contribution in [0.3, 0.4) is 0 Å². The Morgan fingerprint density at radius 2 is 1.74 bits per heavy atom. The van der Waals surface area contributed by atoms with E-state index in [1.165, 1.54) is 38.4 Å². The molecule has 6 heteroatoms. The average molecular weight is 337 g/mol. The third kappa shape index (κ3) is 6.60. The predicted octanol–water partition coefficient (Wildman–Crippen LogP) is 2.23. The van der Waals surface area contributed by atoms with Gasteiger partial charge in [-0.15, -0.1) is 0 Å². The summed E-state index contributed by atoms with van der Waals surface area (Å²) in [6.07, 6.45) is 7.59. The van der Waals surface area contributed by atoms with Crippen molar-refractivity contribution in [1.29, 1.82) is 0 Å². The summed E-state index contributed by atoms with van der Waals surface area (Å²) in [6.45, 7) is 0.672. The van der Waals surface area contributed by atoms with E-state index in [0.717, 1.165) is 17.1 Å². The van der Waals surface area contributed by atoms with E-state index in [1.807, 2.05) is 24.3 Å². The lowest BCUT2D eigenvalue weighted by Crippen LogP contribution is -2.43. The number of aliphatic imine (C=N–C) groups is 1. The Kier molecular flexibility index (Phi) is 6.45. The van der Waals surface area contributed by atoms with Crippen LogP contribution in [0.2, 0.25) is 0 Å². The molecule has 2 rings (SSSR count). The lowest BCUT2D eigenvalue weighted by Gasteiger charge is -2.24. The van der Waals surface area contributed by atoms with Crippen LogP contribution in [0.5, 0.6) is 0 Å². The molecule has 2 N–H and O–H groups in total. The molecule has 1 aliphatic carbocycles. The van der Waals surface area contributed by atoms with Crippen molar-refractivity contribution >= 4 is 15.8 Å². The van der Waals surface area contributed by atoms with E-state index >= 15 is 0 Å². The van der Waals surface area contributed by atoms with Crippen molar-refractivity contribution in [2.45, 2.75) is 50.4 Å². The maximum atomic E-state index is 11.3. The molecule has 0 aromatic heterocycles. The van der Waals surface area contributed by atoms with Gasteiger partial charge in [0.15, 0.2) is 15.8 Å². The van der Waals surface area contributed by atoms with Crippen LogP contribution in [0.4, 0.5) is 0 Å². The molecule has 0 unspecified atom stereocenters. The molecule has 0 heterocycles. The largest absolute Gasteiger partial charge is 0.354 e. The summed E-state index contributed by atoms with van der Waals surface area (Å²) < 4.78 is 22.6. The Hall–Kier alpha value is -1.56. The molecule has 5 nitrogen and oxygen atoms in total. The molecule has 1 aliphatic rings. The summed E-state index contributed by atoms with van der Waals surface area (Å²) in [5, 5.41) is 6.80. The van der Waals surface area contributed by atoms with Gasteiger partial charge in [0.25, 0.3) is 0 Å². The molecule has 0 aliphatic heterocycles. The lowest BCUT2D eigenvalue weighted by atomic mass is 9.96. The highest BCUT2D eigenvalue weighted by Crippen LogP contribution is 2.17. The van der Waals surface area contributed by atoms with E-state index in [9.17, 15) is 8.42 Å². The molecular weight excluding hydrogens is 310 g/mol. The molecular formula is C17H27N3O2S. The molecule has 0 radical (unpaired) electrons. The fourth-order valence-corrected chi connectivity index (χ4v) is 3.67. The Balaban J connectivity index is 1.83. The number of sulfone groups is 1. The van der Waals surface area contributed by atoms with E-state index in [-0.39, 0.29) is 5.75 Å². The van der Waals surface area contributed by atoms with Gasteiger partial charge in [-0.25, -0.2) is 8.42 Å². The van der Waals surface area contributed by atoms with Crippen LogP contribution in [0.1, 0.15) is 43.2 Å². The van der Waals surface area contributed by atoms with Gasteiger partial charge in [0.2, 0.25) is 0 Å². The Morgan fingerprint density at radius 3 is 2.30 bits per heavy atom. The van der Waals surface area contributed by atoms with Crippen molar-refractivity contribution in [3.05, 3.63) is 35.4 Å². The second-order valence-electron chi connectivity index (χ2n) is 6.29. The molecule has 128 valence electrons. The van der Waals surface area contributed by atoms with Gasteiger partial charge >= 0.3 is 0 Å². The van der Waals surface area contributed by atoms with Crippen molar-refractivity contribution < 1.29 is 8.42 Å². The first-order chi connectivity index (χ1) is 11.0. The second-order valence-corrected chi connectivity index (χ2v) is 8.43. The van der Waals surface area contributed by atoms with Gasteiger partial charge in [0.05, 0.1) is 5.75 Å². The fraction of sp³-hybridized carbons (Fsp3) is 0.588. The van der Waals surface area contributed by atoms with Crippen molar-refractivity contribution in [3.8, 4) is 0 Å². The van der Waals surface area contributed by atoms with Crippen molar-refractivity contribution in [2.24, 2.45) is 4.99 Å². The summed E-state index contributed by atoms with van der Waals surface area (Å²) in [5.74, 6) is 0.920. The second kappa shape index (κ2) is 8.34. The topological polar surface area (TPSA) is 70.6 Å². The zero-order valence-corrected chi connectivity index (χ0v) is 14.8. The first-order valence-corrected chi connectivity index (χ1v) is 10.2. The molecule has 0 amide bonds. The lowest BCUT2D eigenvalue weighted by molar-refractivity contribution is 0.410. The molecule has 1 saturated carbocycles. The molecule has 1 aromatic rings.